The van der Waals surface area contributed by atoms with Crippen molar-refractivity contribution < 1.29 is 8.42 Å². The first kappa shape index (κ1) is 16.3. The van der Waals surface area contributed by atoms with Crippen molar-refractivity contribution in [1.29, 1.82) is 0 Å². The van der Waals surface area contributed by atoms with Crippen LogP contribution in [0.15, 0.2) is 47.4 Å². The number of benzene rings is 2. The fourth-order valence-corrected chi connectivity index (χ4v) is 3.22. The molecule has 0 saturated carbocycles. The molecule has 0 unspecified atom stereocenters. The highest BCUT2D eigenvalue weighted by Crippen LogP contribution is 2.20. The first-order chi connectivity index (χ1) is 9.92. The Kier molecular flexibility index (Phi) is 5.24. The summed E-state index contributed by atoms with van der Waals surface area (Å²) in [5, 5.41) is 0.942. The molecule has 2 aromatic carbocycles. The van der Waals surface area contributed by atoms with E-state index >= 15 is 0 Å². The summed E-state index contributed by atoms with van der Waals surface area (Å²) in [6.45, 7) is 0.438. The van der Waals surface area contributed by atoms with Crippen LogP contribution in [-0.2, 0) is 23.1 Å². The van der Waals surface area contributed by atoms with Gasteiger partial charge in [0.25, 0.3) is 0 Å². The maximum atomic E-state index is 12.2. The van der Waals surface area contributed by atoms with E-state index < -0.39 is 10.0 Å². The van der Waals surface area contributed by atoms with Gasteiger partial charge in [-0.15, -0.1) is 0 Å². The lowest BCUT2D eigenvalue weighted by molar-refractivity contribution is 0.581. The predicted octanol–water partition coefficient (Wildman–Crippen LogP) is 2.93. The third kappa shape index (κ3) is 4.18. The maximum Gasteiger partial charge on any atom is 0.240 e. The van der Waals surface area contributed by atoms with Crippen LogP contribution in [0, 0.1) is 0 Å². The standard InChI is InChI=1S/C14H14Cl2N2O2S/c15-12-4-1-10(2-5-12)9-18-21(19,20)13-6-3-11(8-17)14(16)7-13/h1-7,18H,8-9,17H2. The van der Waals surface area contributed by atoms with Crippen LogP contribution in [0.3, 0.4) is 0 Å². The number of nitrogens with one attached hydrogen (secondary N) is 1. The Morgan fingerprint density at radius 1 is 1.05 bits per heavy atom. The van der Waals surface area contributed by atoms with Gasteiger partial charge in [-0.05, 0) is 35.4 Å². The molecule has 0 aliphatic rings. The molecule has 0 bridgehead atoms. The van der Waals surface area contributed by atoms with Crippen LogP contribution < -0.4 is 10.5 Å². The third-order valence-corrected chi connectivity index (χ3v) is 4.94. The fourth-order valence-electron chi connectivity index (χ4n) is 1.72. The molecule has 2 rings (SSSR count). The molecule has 112 valence electrons. The summed E-state index contributed by atoms with van der Waals surface area (Å²) in [5.74, 6) is 0. The van der Waals surface area contributed by atoms with Crippen LogP contribution in [0.25, 0.3) is 0 Å². The minimum Gasteiger partial charge on any atom is -0.326 e. The molecular weight excluding hydrogens is 331 g/mol. The first-order valence-electron chi connectivity index (χ1n) is 6.15. The molecule has 7 heteroatoms. The van der Waals surface area contributed by atoms with Gasteiger partial charge in [0.15, 0.2) is 0 Å². The van der Waals surface area contributed by atoms with E-state index in [4.69, 9.17) is 28.9 Å². The second-order valence-electron chi connectivity index (χ2n) is 4.41. The number of halogens is 2. The van der Waals surface area contributed by atoms with Crippen LogP contribution in [0.2, 0.25) is 10.0 Å². The van der Waals surface area contributed by atoms with Crippen molar-refractivity contribution in [3.8, 4) is 0 Å². The Hall–Kier alpha value is -1.11. The summed E-state index contributed by atoms with van der Waals surface area (Å²) in [4.78, 5) is 0.110. The minimum atomic E-state index is -3.62. The molecule has 0 aromatic heterocycles. The second kappa shape index (κ2) is 6.77. The zero-order valence-corrected chi connectivity index (χ0v) is 13.3. The summed E-state index contributed by atoms with van der Waals surface area (Å²) in [5.41, 5.74) is 7.01. The summed E-state index contributed by atoms with van der Waals surface area (Å²) in [7, 11) is -3.62. The summed E-state index contributed by atoms with van der Waals surface area (Å²) in [6.07, 6.45) is 0. The van der Waals surface area contributed by atoms with E-state index in [-0.39, 0.29) is 18.0 Å². The minimum absolute atomic E-state index is 0.110. The largest absolute Gasteiger partial charge is 0.326 e. The average molecular weight is 345 g/mol. The zero-order chi connectivity index (χ0) is 15.5. The van der Waals surface area contributed by atoms with Gasteiger partial charge >= 0.3 is 0 Å². The smallest absolute Gasteiger partial charge is 0.240 e. The highest BCUT2D eigenvalue weighted by atomic mass is 35.5. The summed E-state index contributed by atoms with van der Waals surface area (Å²) >= 11 is 11.8. The van der Waals surface area contributed by atoms with Crippen LogP contribution in [0.1, 0.15) is 11.1 Å². The molecular formula is C14H14Cl2N2O2S. The molecule has 3 N–H and O–H groups in total. The van der Waals surface area contributed by atoms with Gasteiger partial charge in [-0.3, -0.25) is 0 Å². The van der Waals surface area contributed by atoms with Crippen molar-refractivity contribution in [2.75, 3.05) is 0 Å². The Bertz CT molecular complexity index is 731. The predicted molar refractivity (Wildman–Crippen MR) is 84.8 cm³/mol. The van der Waals surface area contributed by atoms with Crippen LogP contribution in [0.5, 0.6) is 0 Å². The monoisotopic (exact) mass is 344 g/mol. The fraction of sp³-hybridized carbons (Fsp3) is 0.143. The van der Waals surface area contributed by atoms with Gasteiger partial charge in [-0.25, -0.2) is 13.1 Å². The Labute approximate surface area is 133 Å². The molecule has 0 heterocycles. The highest BCUT2D eigenvalue weighted by Gasteiger charge is 2.15. The molecule has 2 aromatic rings. The van der Waals surface area contributed by atoms with E-state index in [1.165, 1.54) is 12.1 Å². The van der Waals surface area contributed by atoms with E-state index in [0.29, 0.717) is 15.6 Å². The third-order valence-electron chi connectivity index (χ3n) is 2.93. The lowest BCUT2D eigenvalue weighted by Gasteiger charge is -2.09. The Morgan fingerprint density at radius 3 is 2.29 bits per heavy atom. The van der Waals surface area contributed by atoms with Crippen molar-refractivity contribution in [2.24, 2.45) is 5.73 Å². The van der Waals surface area contributed by atoms with Crippen molar-refractivity contribution in [1.82, 2.24) is 4.72 Å². The molecule has 0 amide bonds. The number of hydrogen-bond donors (Lipinski definition) is 2. The lowest BCUT2D eigenvalue weighted by atomic mass is 10.2. The SMILES string of the molecule is NCc1ccc(S(=O)(=O)NCc2ccc(Cl)cc2)cc1Cl. The second-order valence-corrected chi connectivity index (χ2v) is 7.02. The molecule has 4 nitrogen and oxygen atoms in total. The molecule has 0 fully saturated rings. The molecule has 0 radical (unpaired) electrons. The molecule has 21 heavy (non-hydrogen) atoms. The summed E-state index contributed by atoms with van der Waals surface area (Å²) < 4.78 is 26.9. The number of rotatable bonds is 5. The van der Waals surface area contributed by atoms with Crippen molar-refractivity contribution in [3.63, 3.8) is 0 Å². The number of sulfonamides is 1. The van der Waals surface area contributed by atoms with Crippen molar-refractivity contribution in [3.05, 3.63) is 63.6 Å². The highest BCUT2D eigenvalue weighted by molar-refractivity contribution is 7.89. The Balaban J connectivity index is 2.14. The van der Waals surface area contributed by atoms with Gasteiger partial charge in [-0.2, -0.15) is 0 Å². The van der Waals surface area contributed by atoms with Gasteiger partial charge in [0, 0.05) is 23.1 Å². The van der Waals surface area contributed by atoms with Crippen LogP contribution >= 0.6 is 23.2 Å². The van der Waals surface area contributed by atoms with Gasteiger partial charge < -0.3 is 5.73 Å². The molecule has 0 saturated heterocycles. The van der Waals surface area contributed by atoms with Gasteiger partial charge in [0.1, 0.15) is 0 Å². The normalized spacial score (nSPS) is 11.6. The zero-order valence-electron chi connectivity index (χ0n) is 11.0. The molecule has 0 aliphatic heterocycles. The lowest BCUT2D eigenvalue weighted by Crippen LogP contribution is -2.23. The maximum absolute atomic E-state index is 12.2. The number of nitrogens with two attached hydrogens (primary N) is 1. The van der Waals surface area contributed by atoms with E-state index in [2.05, 4.69) is 4.72 Å². The van der Waals surface area contributed by atoms with Crippen LogP contribution in [-0.4, -0.2) is 8.42 Å². The quantitative estimate of drug-likeness (QED) is 0.875. The van der Waals surface area contributed by atoms with Gasteiger partial charge in [0.2, 0.25) is 10.0 Å². The molecule has 0 spiro atoms. The Morgan fingerprint density at radius 2 is 1.71 bits per heavy atom. The van der Waals surface area contributed by atoms with E-state index in [0.717, 1.165) is 5.56 Å². The van der Waals surface area contributed by atoms with E-state index in [1.54, 1.807) is 30.3 Å². The van der Waals surface area contributed by atoms with Crippen molar-refractivity contribution in [2.45, 2.75) is 18.0 Å². The van der Waals surface area contributed by atoms with Gasteiger partial charge in [-0.1, -0.05) is 41.4 Å². The van der Waals surface area contributed by atoms with E-state index in [1.807, 2.05) is 0 Å². The topological polar surface area (TPSA) is 72.2 Å². The molecule has 0 aliphatic carbocycles. The average Bonchev–Trinajstić information content (AvgIpc) is 2.46. The van der Waals surface area contributed by atoms with Gasteiger partial charge in [0.05, 0.1) is 4.90 Å². The summed E-state index contributed by atoms with van der Waals surface area (Å²) in [6, 6.07) is 11.4. The number of hydrogen-bond acceptors (Lipinski definition) is 3. The van der Waals surface area contributed by atoms with Crippen LogP contribution in [0.4, 0.5) is 0 Å². The molecule has 0 atom stereocenters. The van der Waals surface area contributed by atoms with E-state index in [9.17, 15) is 8.42 Å². The first-order valence-corrected chi connectivity index (χ1v) is 8.39. The van der Waals surface area contributed by atoms with Crippen molar-refractivity contribution >= 4 is 33.2 Å².